The number of halogens is 2. The fourth-order valence-corrected chi connectivity index (χ4v) is 3.53. The fourth-order valence-electron chi connectivity index (χ4n) is 2.23. The van der Waals surface area contributed by atoms with E-state index in [1.807, 2.05) is 6.07 Å². The number of hydrogen-bond acceptors (Lipinski definition) is 2. The van der Waals surface area contributed by atoms with E-state index >= 15 is 0 Å². The highest BCUT2D eigenvalue weighted by atomic mass is 79.9. The van der Waals surface area contributed by atoms with Gasteiger partial charge in [-0.1, -0.05) is 36.7 Å². The van der Waals surface area contributed by atoms with Gasteiger partial charge in [-0.05, 0) is 46.9 Å². The van der Waals surface area contributed by atoms with E-state index < -0.39 is 0 Å². The van der Waals surface area contributed by atoms with Crippen LogP contribution in [0.3, 0.4) is 0 Å². The summed E-state index contributed by atoms with van der Waals surface area (Å²) in [6, 6.07) is 4.16. The fraction of sp³-hybridized carbons (Fsp3) is 0.467. The number of hydrogen-bond donors (Lipinski definition) is 1. The van der Waals surface area contributed by atoms with E-state index in [9.17, 15) is 0 Å². The second-order valence-electron chi connectivity index (χ2n) is 5.15. The van der Waals surface area contributed by atoms with E-state index in [0.29, 0.717) is 5.92 Å². The quantitative estimate of drug-likeness (QED) is 0.754. The molecule has 19 heavy (non-hydrogen) atoms. The molecule has 1 aromatic carbocycles. The summed E-state index contributed by atoms with van der Waals surface area (Å²) in [6.07, 6.45) is 0.981. The molecule has 2 nitrogen and oxygen atoms in total. The molecule has 2 aromatic rings. The largest absolute Gasteiger partial charge is 0.458 e. The summed E-state index contributed by atoms with van der Waals surface area (Å²) in [6.45, 7) is 8.39. The van der Waals surface area contributed by atoms with Crippen molar-refractivity contribution in [2.45, 2.75) is 33.7 Å². The van der Waals surface area contributed by atoms with Crippen molar-refractivity contribution in [1.82, 2.24) is 5.32 Å². The topological polar surface area (TPSA) is 25.2 Å². The molecule has 1 aromatic heterocycles. The van der Waals surface area contributed by atoms with E-state index in [1.54, 1.807) is 0 Å². The van der Waals surface area contributed by atoms with Gasteiger partial charge in [0.05, 0.1) is 11.0 Å². The molecular formula is C15H19Br2NO. The molecule has 0 aliphatic heterocycles. The summed E-state index contributed by atoms with van der Waals surface area (Å²) >= 11 is 7.11. The van der Waals surface area contributed by atoms with Crippen LogP contribution in [0.5, 0.6) is 0 Å². The number of fused-ring (bicyclic) bond motifs is 1. The van der Waals surface area contributed by atoms with Crippen molar-refractivity contribution in [3.05, 3.63) is 32.4 Å². The number of aryl methyl sites for hydroxylation is 1. The molecule has 4 heteroatoms. The van der Waals surface area contributed by atoms with Crippen LogP contribution in [-0.2, 0) is 13.0 Å². The summed E-state index contributed by atoms with van der Waals surface area (Å²) < 4.78 is 8.10. The van der Waals surface area contributed by atoms with Crippen LogP contribution in [-0.4, -0.2) is 6.54 Å². The maximum atomic E-state index is 6.03. The van der Waals surface area contributed by atoms with Crippen molar-refractivity contribution in [1.29, 1.82) is 0 Å². The third-order valence-electron chi connectivity index (χ3n) is 3.09. The Labute approximate surface area is 131 Å². The third-order valence-corrected chi connectivity index (χ3v) is 4.13. The van der Waals surface area contributed by atoms with Crippen molar-refractivity contribution in [3.63, 3.8) is 0 Å². The lowest BCUT2D eigenvalue weighted by atomic mass is 10.1. The van der Waals surface area contributed by atoms with E-state index in [-0.39, 0.29) is 0 Å². The average Bonchev–Trinajstić information content (AvgIpc) is 2.66. The molecule has 0 radical (unpaired) electrons. The zero-order chi connectivity index (χ0) is 14.0. The van der Waals surface area contributed by atoms with Crippen LogP contribution in [0.2, 0.25) is 0 Å². The highest BCUT2D eigenvalue weighted by Gasteiger charge is 2.15. The third kappa shape index (κ3) is 3.41. The Morgan fingerprint density at radius 2 is 2.00 bits per heavy atom. The first kappa shape index (κ1) is 15.1. The molecule has 0 spiro atoms. The molecule has 0 unspecified atom stereocenters. The van der Waals surface area contributed by atoms with Crippen LogP contribution in [0.4, 0.5) is 0 Å². The van der Waals surface area contributed by atoms with Crippen molar-refractivity contribution in [2.75, 3.05) is 6.54 Å². The lowest BCUT2D eigenvalue weighted by Gasteiger charge is -2.06. The predicted octanol–water partition coefficient (Wildman–Crippen LogP) is 5.27. The Morgan fingerprint density at radius 3 is 2.63 bits per heavy atom. The van der Waals surface area contributed by atoms with Gasteiger partial charge < -0.3 is 9.73 Å². The van der Waals surface area contributed by atoms with Crippen LogP contribution in [0.25, 0.3) is 11.0 Å². The molecule has 0 aliphatic rings. The van der Waals surface area contributed by atoms with Gasteiger partial charge in [0.2, 0.25) is 0 Å². The molecule has 2 rings (SSSR count). The maximum Gasteiger partial charge on any atom is 0.148 e. The number of benzene rings is 1. The van der Waals surface area contributed by atoms with Crippen molar-refractivity contribution < 1.29 is 4.42 Å². The lowest BCUT2D eigenvalue weighted by Crippen LogP contribution is -2.19. The van der Waals surface area contributed by atoms with E-state index in [4.69, 9.17) is 4.42 Å². The summed E-state index contributed by atoms with van der Waals surface area (Å²) in [5.74, 6) is 1.70. The number of nitrogens with one attached hydrogen (secondary N) is 1. The molecule has 1 N–H and O–H groups in total. The Bertz CT molecular complexity index is 575. The zero-order valence-corrected chi connectivity index (χ0v) is 14.7. The minimum Gasteiger partial charge on any atom is -0.458 e. The van der Waals surface area contributed by atoms with Gasteiger partial charge >= 0.3 is 0 Å². The van der Waals surface area contributed by atoms with Crippen LogP contribution < -0.4 is 5.32 Å². The average molecular weight is 389 g/mol. The second kappa shape index (κ2) is 6.42. The summed E-state index contributed by atoms with van der Waals surface area (Å²) in [5, 5.41) is 4.65. The molecule has 0 saturated heterocycles. The number of rotatable bonds is 5. The molecular weight excluding hydrogens is 370 g/mol. The summed E-state index contributed by atoms with van der Waals surface area (Å²) in [5.41, 5.74) is 2.25. The van der Waals surface area contributed by atoms with Gasteiger partial charge in [0.15, 0.2) is 0 Å². The summed E-state index contributed by atoms with van der Waals surface area (Å²) in [4.78, 5) is 0. The van der Waals surface area contributed by atoms with Gasteiger partial charge in [-0.2, -0.15) is 0 Å². The highest BCUT2D eigenvalue weighted by Crippen LogP contribution is 2.34. The minimum atomic E-state index is 0.648. The van der Waals surface area contributed by atoms with Crippen LogP contribution >= 0.6 is 31.9 Å². The first-order valence-corrected chi connectivity index (χ1v) is 8.21. The smallest absolute Gasteiger partial charge is 0.148 e. The Kier molecular flexibility index (Phi) is 5.09. The maximum absolute atomic E-state index is 6.03. The molecule has 0 saturated carbocycles. The van der Waals surface area contributed by atoms with Gasteiger partial charge in [-0.15, -0.1) is 0 Å². The molecule has 104 valence electrons. The van der Waals surface area contributed by atoms with Gasteiger partial charge in [0.1, 0.15) is 11.3 Å². The minimum absolute atomic E-state index is 0.648. The first-order chi connectivity index (χ1) is 9.02. The molecule has 0 aliphatic carbocycles. The first-order valence-electron chi connectivity index (χ1n) is 6.63. The van der Waals surface area contributed by atoms with E-state index in [2.05, 4.69) is 64.0 Å². The Balaban J connectivity index is 2.36. The molecule has 0 amide bonds. The van der Waals surface area contributed by atoms with Crippen molar-refractivity contribution >= 4 is 42.8 Å². The monoisotopic (exact) mass is 387 g/mol. The van der Waals surface area contributed by atoms with Gasteiger partial charge in [-0.25, -0.2) is 0 Å². The second-order valence-corrected chi connectivity index (χ2v) is 6.92. The molecule has 1 heterocycles. The Hall–Kier alpha value is -0.320. The van der Waals surface area contributed by atoms with Crippen molar-refractivity contribution in [2.24, 2.45) is 5.92 Å². The van der Waals surface area contributed by atoms with E-state index in [1.165, 1.54) is 10.9 Å². The summed E-state index contributed by atoms with van der Waals surface area (Å²) in [7, 11) is 0. The molecule has 0 fully saturated rings. The van der Waals surface area contributed by atoms with Gasteiger partial charge in [0.25, 0.3) is 0 Å². The standard InChI is InChI=1S/C15H19Br2NO/c1-4-11-12-5-10(16)6-13(17)15(12)19-14(11)8-18-7-9(2)3/h5-6,9,18H,4,7-8H2,1-3H3. The SMILES string of the molecule is CCc1c(CNCC(C)C)oc2c(Br)cc(Br)cc12. The van der Waals surface area contributed by atoms with E-state index in [0.717, 1.165) is 39.8 Å². The molecule has 0 bridgehead atoms. The Morgan fingerprint density at radius 1 is 1.26 bits per heavy atom. The lowest BCUT2D eigenvalue weighted by molar-refractivity contribution is 0.480. The number of furan rings is 1. The van der Waals surface area contributed by atoms with Gasteiger partial charge in [-0.3, -0.25) is 0 Å². The predicted molar refractivity (Wildman–Crippen MR) is 87.5 cm³/mol. The van der Waals surface area contributed by atoms with Gasteiger partial charge in [0, 0.05) is 15.4 Å². The van der Waals surface area contributed by atoms with Crippen LogP contribution in [0, 0.1) is 5.92 Å². The van der Waals surface area contributed by atoms with Crippen molar-refractivity contribution in [3.8, 4) is 0 Å². The van der Waals surface area contributed by atoms with Crippen LogP contribution in [0.15, 0.2) is 25.5 Å². The zero-order valence-electron chi connectivity index (χ0n) is 11.5. The normalized spacial score (nSPS) is 11.7. The molecule has 0 atom stereocenters. The highest BCUT2D eigenvalue weighted by molar-refractivity contribution is 9.11. The van der Waals surface area contributed by atoms with Crippen LogP contribution in [0.1, 0.15) is 32.1 Å².